The zero-order valence-electron chi connectivity index (χ0n) is 16.9. The molecule has 0 aromatic heterocycles. The predicted molar refractivity (Wildman–Crippen MR) is 89.8 cm³/mol. The fraction of sp³-hybridized carbons (Fsp3) is 0.500. The Balaban J connectivity index is -0.0000000545. The van der Waals surface area contributed by atoms with Gasteiger partial charge in [-0.3, -0.25) is 0 Å². The van der Waals surface area contributed by atoms with Gasteiger partial charge in [0.1, 0.15) is 0 Å². The zero-order valence-corrected chi connectivity index (χ0v) is 19.0. The molecule has 174 valence electrons. The SMILES string of the molecule is [C-]#[O+].[C-]#[O+].[C-]#[O+].[C-]#[O+].[C-]#[O+].[C-]#[O+].[CH]=[C]C(C)(C)OC/C=C\COC1CCCCO1.[Co].[Co]. The Hall–Kier alpha value is -1.19. The van der Waals surface area contributed by atoms with E-state index < -0.39 is 5.60 Å². The minimum absolute atomic E-state index is 0. The van der Waals surface area contributed by atoms with E-state index in [-0.39, 0.29) is 39.8 Å². The first-order chi connectivity index (χ1) is 14.1. The van der Waals surface area contributed by atoms with Crippen LogP contribution in [0.3, 0.4) is 0 Å². The molecular formula is C20H22Co2O9. The quantitative estimate of drug-likeness (QED) is 0.286. The normalized spacial score (nSPS) is 12.4. The Kier molecular flexibility index (Phi) is 95.3. The van der Waals surface area contributed by atoms with E-state index in [0.717, 1.165) is 19.4 Å². The summed E-state index contributed by atoms with van der Waals surface area (Å²) in [5, 5.41) is 0. The molecule has 1 aliphatic rings. The largest absolute Gasteiger partial charge is 0.367 e. The van der Waals surface area contributed by atoms with Crippen molar-refractivity contribution in [1.29, 1.82) is 0 Å². The van der Waals surface area contributed by atoms with Crippen molar-refractivity contribution in [2.45, 2.75) is 45.0 Å². The van der Waals surface area contributed by atoms with Crippen LogP contribution in [0.4, 0.5) is 0 Å². The number of ether oxygens (including phenoxy) is 3. The Labute approximate surface area is 205 Å². The Morgan fingerprint density at radius 3 is 1.65 bits per heavy atom. The van der Waals surface area contributed by atoms with E-state index in [2.05, 4.69) is 46.0 Å². The molecule has 1 rings (SSSR count). The molecule has 0 bridgehead atoms. The Morgan fingerprint density at radius 2 is 1.29 bits per heavy atom. The van der Waals surface area contributed by atoms with Crippen molar-refractivity contribution >= 4 is 0 Å². The first-order valence-electron chi connectivity index (χ1n) is 7.36. The van der Waals surface area contributed by atoms with Crippen molar-refractivity contribution in [2.24, 2.45) is 0 Å². The molecular weight excluding hydrogens is 502 g/mol. The van der Waals surface area contributed by atoms with Gasteiger partial charge in [0.15, 0.2) is 6.29 Å². The average molecular weight is 524 g/mol. The van der Waals surface area contributed by atoms with E-state index in [9.17, 15) is 0 Å². The zero-order chi connectivity index (χ0) is 24.6. The molecule has 1 saturated heterocycles. The summed E-state index contributed by atoms with van der Waals surface area (Å²) in [6.07, 6.45) is 9.73. The van der Waals surface area contributed by atoms with Gasteiger partial charge in [-0.15, -0.1) is 0 Å². The van der Waals surface area contributed by atoms with Crippen LogP contribution >= 0.6 is 0 Å². The smallest absolute Gasteiger partial charge is 0.157 e. The predicted octanol–water partition coefficient (Wildman–Crippen LogP) is 2.44. The second kappa shape index (κ2) is 56.8. The van der Waals surface area contributed by atoms with Crippen LogP contribution in [0.2, 0.25) is 0 Å². The van der Waals surface area contributed by atoms with E-state index in [4.69, 9.17) is 48.7 Å². The summed E-state index contributed by atoms with van der Waals surface area (Å²) in [5.74, 6) is 0. The monoisotopic (exact) mass is 524 g/mol. The third kappa shape index (κ3) is 52.8. The van der Waals surface area contributed by atoms with Crippen LogP contribution in [0.5, 0.6) is 0 Å². The molecule has 0 saturated carbocycles. The van der Waals surface area contributed by atoms with Gasteiger partial charge in [-0.25, -0.2) is 0 Å². The molecule has 31 heavy (non-hydrogen) atoms. The molecule has 0 aromatic carbocycles. The molecule has 1 heterocycles. The van der Waals surface area contributed by atoms with Crippen molar-refractivity contribution in [3.8, 4) is 0 Å². The molecule has 11 heteroatoms. The average Bonchev–Trinajstić information content (AvgIpc) is 2.84. The first-order valence-corrected chi connectivity index (χ1v) is 7.36. The molecule has 1 unspecified atom stereocenters. The van der Waals surface area contributed by atoms with Gasteiger partial charge < -0.3 is 14.2 Å². The van der Waals surface area contributed by atoms with E-state index >= 15 is 0 Å². The molecule has 1 fully saturated rings. The maximum Gasteiger partial charge on any atom is 0.157 e. The summed E-state index contributed by atoms with van der Waals surface area (Å²) in [6, 6.07) is 0. The maximum atomic E-state index is 7.50. The molecule has 0 N–H and O–H groups in total. The number of rotatable bonds is 7. The van der Waals surface area contributed by atoms with Gasteiger partial charge in [-0.1, -0.05) is 18.7 Å². The van der Waals surface area contributed by atoms with Crippen molar-refractivity contribution in [3.05, 3.63) is 64.7 Å². The summed E-state index contributed by atoms with van der Waals surface area (Å²) in [4.78, 5) is 0. The molecule has 0 amide bonds. The van der Waals surface area contributed by atoms with Crippen molar-refractivity contribution in [3.63, 3.8) is 0 Å². The fourth-order valence-electron chi connectivity index (χ4n) is 1.44. The van der Waals surface area contributed by atoms with Crippen LogP contribution < -0.4 is 0 Å². The van der Waals surface area contributed by atoms with Crippen LogP contribution in [-0.2, 0) is 75.7 Å². The summed E-state index contributed by atoms with van der Waals surface area (Å²) in [5.41, 5.74) is -0.502. The minimum Gasteiger partial charge on any atom is -0.367 e. The third-order valence-electron chi connectivity index (χ3n) is 2.57. The van der Waals surface area contributed by atoms with E-state index in [0.29, 0.717) is 13.2 Å². The molecule has 0 spiro atoms. The molecule has 4 radical (unpaired) electrons. The second-order valence-electron chi connectivity index (χ2n) is 4.57. The Morgan fingerprint density at radius 1 is 0.871 bits per heavy atom. The standard InChI is InChI=1S/C14H22O3.6CO.2Co/c1-4-14(2,3)17-12-8-7-11-16-13-9-5-6-10-15-13;6*1-2;;/h1,7-8,13H,5-6,9-12H2,2-3H3;;;;;;;;/b4-1?,8-7-;;;;;;;;. The summed E-state index contributed by atoms with van der Waals surface area (Å²) < 4.78 is 61.4. The van der Waals surface area contributed by atoms with Crippen molar-refractivity contribution in [2.75, 3.05) is 19.8 Å². The number of hydrogen-bond donors (Lipinski definition) is 0. The third-order valence-corrected chi connectivity index (χ3v) is 2.57. The van der Waals surface area contributed by atoms with Gasteiger partial charge in [0.05, 0.1) is 18.8 Å². The summed E-state index contributed by atoms with van der Waals surface area (Å²) in [7, 11) is 0. The minimum atomic E-state index is -0.502. The van der Waals surface area contributed by atoms with Crippen LogP contribution in [0.25, 0.3) is 0 Å². The van der Waals surface area contributed by atoms with Crippen LogP contribution in [0.1, 0.15) is 33.1 Å². The fourth-order valence-corrected chi connectivity index (χ4v) is 1.44. The summed E-state index contributed by atoms with van der Waals surface area (Å²) >= 11 is 0. The molecule has 9 nitrogen and oxygen atoms in total. The topological polar surface area (TPSA) is 147 Å². The van der Waals surface area contributed by atoms with Gasteiger partial charge >= 0.3 is 67.8 Å². The maximum absolute atomic E-state index is 7.50. The number of hydrogen-bond acceptors (Lipinski definition) is 3. The van der Waals surface area contributed by atoms with Crippen LogP contribution in [-0.4, -0.2) is 31.7 Å². The van der Waals surface area contributed by atoms with E-state index in [1.54, 1.807) is 0 Å². The molecule has 0 aromatic rings. The Bertz CT molecular complexity index is 426. The van der Waals surface area contributed by atoms with Gasteiger partial charge in [0.2, 0.25) is 0 Å². The molecule has 1 atom stereocenters. The van der Waals surface area contributed by atoms with Crippen LogP contribution in [0.15, 0.2) is 12.2 Å². The van der Waals surface area contributed by atoms with Crippen molar-refractivity contribution in [1.82, 2.24) is 0 Å². The van der Waals surface area contributed by atoms with Crippen molar-refractivity contribution < 1.29 is 75.7 Å². The second-order valence-corrected chi connectivity index (χ2v) is 4.57. The van der Waals surface area contributed by atoms with Crippen LogP contribution in [0, 0.1) is 52.6 Å². The van der Waals surface area contributed by atoms with Gasteiger partial charge in [-0.05, 0) is 39.2 Å². The first kappa shape index (κ1) is 52.0. The summed E-state index contributed by atoms with van der Waals surface area (Å²) in [6.45, 7) is 37.9. The van der Waals surface area contributed by atoms with E-state index in [1.165, 1.54) is 6.42 Å². The van der Waals surface area contributed by atoms with Gasteiger partial charge in [0, 0.05) is 40.2 Å². The van der Waals surface area contributed by atoms with Gasteiger partial charge in [-0.2, -0.15) is 0 Å². The molecule has 0 aliphatic carbocycles. The van der Waals surface area contributed by atoms with E-state index in [1.807, 2.05) is 26.0 Å². The molecule has 1 aliphatic heterocycles. The van der Waals surface area contributed by atoms with Gasteiger partial charge in [0.25, 0.3) is 0 Å².